The zero-order valence-electron chi connectivity index (χ0n) is 19.6. The van der Waals surface area contributed by atoms with E-state index in [0.29, 0.717) is 41.8 Å². The fourth-order valence-corrected chi connectivity index (χ4v) is 6.16. The number of hydrogen-bond donors (Lipinski definition) is 0. The number of piperazine rings is 1. The average molecular weight is 539 g/mol. The van der Waals surface area contributed by atoms with E-state index in [2.05, 4.69) is 0 Å². The van der Waals surface area contributed by atoms with Crippen molar-refractivity contribution < 1.29 is 18.0 Å². The first-order chi connectivity index (χ1) is 16.5. The van der Waals surface area contributed by atoms with Crippen LogP contribution in [0.1, 0.15) is 21.8 Å². The van der Waals surface area contributed by atoms with E-state index in [1.54, 1.807) is 39.9 Å². The first-order valence-corrected chi connectivity index (χ1v) is 13.9. The molecule has 0 unspecified atom stereocenters. The Hall–Kier alpha value is -2.33. The van der Waals surface area contributed by atoms with Gasteiger partial charge in [0, 0.05) is 67.8 Å². The normalized spacial score (nSPS) is 21.3. The molecule has 3 amide bonds. The SMILES string of the molecule is CN(C(=O)c1cc(Cl)cc(Cl)c1)[C@@H]1CN(C(=O)N2CCN(S(C)(=O)=O)CC2)C[C@H]1c1ccccc1. The number of urea groups is 1. The summed E-state index contributed by atoms with van der Waals surface area (Å²) in [6.45, 7) is 2.03. The molecule has 0 aliphatic carbocycles. The zero-order valence-corrected chi connectivity index (χ0v) is 21.9. The molecule has 2 aromatic carbocycles. The molecule has 11 heteroatoms. The minimum Gasteiger partial charge on any atom is -0.336 e. The highest BCUT2D eigenvalue weighted by molar-refractivity contribution is 7.88. The third-order valence-corrected chi connectivity index (χ3v) is 8.43. The molecule has 188 valence electrons. The second-order valence-electron chi connectivity index (χ2n) is 9.00. The molecule has 0 radical (unpaired) electrons. The summed E-state index contributed by atoms with van der Waals surface area (Å²) in [6, 6.07) is 14.2. The van der Waals surface area contributed by atoms with E-state index >= 15 is 0 Å². The number of carbonyl (C=O) groups is 2. The molecule has 4 rings (SSSR count). The second-order valence-corrected chi connectivity index (χ2v) is 11.9. The van der Waals surface area contributed by atoms with Gasteiger partial charge in [0.1, 0.15) is 0 Å². The summed E-state index contributed by atoms with van der Waals surface area (Å²) in [7, 11) is -1.55. The van der Waals surface area contributed by atoms with Crippen LogP contribution in [0.25, 0.3) is 0 Å². The van der Waals surface area contributed by atoms with Crippen LogP contribution in [0.3, 0.4) is 0 Å². The summed E-state index contributed by atoms with van der Waals surface area (Å²) in [6.07, 6.45) is 1.18. The van der Waals surface area contributed by atoms with Gasteiger partial charge in [-0.25, -0.2) is 13.2 Å². The number of likely N-dealkylation sites (N-methyl/N-ethyl adjacent to an activating group) is 1. The largest absolute Gasteiger partial charge is 0.336 e. The van der Waals surface area contributed by atoms with Crippen molar-refractivity contribution in [2.75, 3.05) is 52.6 Å². The predicted molar refractivity (Wildman–Crippen MR) is 136 cm³/mol. The van der Waals surface area contributed by atoms with Gasteiger partial charge in [-0.05, 0) is 23.8 Å². The maximum absolute atomic E-state index is 13.4. The maximum Gasteiger partial charge on any atom is 0.320 e. The summed E-state index contributed by atoms with van der Waals surface area (Å²) < 4.78 is 25.0. The van der Waals surface area contributed by atoms with Gasteiger partial charge in [0.15, 0.2) is 0 Å². The van der Waals surface area contributed by atoms with Crippen LogP contribution in [0.15, 0.2) is 48.5 Å². The minimum atomic E-state index is -3.28. The molecule has 0 spiro atoms. The van der Waals surface area contributed by atoms with Crippen LogP contribution < -0.4 is 0 Å². The fraction of sp³-hybridized carbons (Fsp3) is 0.417. The Bertz CT molecular complexity index is 1180. The lowest BCUT2D eigenvalue weighted by Gasteiger charge is -2.35. The molecule has 0 bridgehead atoms. The molecule has 2 heterocycles. The number of nitrogens with zero attached hydrogens (tertiary/aromatic N) is 4. The van der Waals surface area contributed by atoms with Crippen LogP contribution in [-0.2, 0) is 10.0 Å². The van der Waals surface area contributed by atoms with Crippen LogP contribution in [0.4, 0.5) is 4.79 Å². The van der Waals surface area contributed by atoms with Crippen molar-refractivity contribution in [3.63, 3.8) is 0 Å². The second kappa shape index (κ2) is 10.3. The molecule has 35 heavy (non-hydrogen) atoms. The molecule has 2 aliphatic rings. The minimum absolute atomic E-state index is 0.0823. The van der Waals surface area contributed by atoms with Crippen molar-refractivity contribution in [3.05, 3.63) is 69.7 Å². The van der Waals surface area contributed by atoms with E-state index in [-0.39, 0.29) is 37.0 Å². The monoisotopic (exact) mass is 538 g/mol. The first kappa shape index (κ1) is 25.8. The molecule has 0 N–H and O–H groups in total. The number of amides is 3. The fourth-order valence-electron chi connectivity index (χ4n) is 4.81. The lowest BCUT2D eigenvalue weighted by molar-refractivity contribution is 0.0723. The Morgan fingerprint density at radius 3 is 2.09 bits per heavy atom. The van der Waals surface area contributed by atoms with Gasteiger partial charge in [0.2, 0.25) is 10.0 Å². The van der Waals surface area contributed by atoms with Gasteiger partial charge in [-0.15, -0.1) is 0 Å². The topological polar surface area (TPSA) is 81.2 Å². The van der Waals surface area contributed by atoms with Gasteiger partial charge in [0.25, 0.3) is 5.91 Å². The van der Waals surface area contributed by atoms with Crippen LogP contribution >= 0.6 is 23.2 Å². The number of likely N-dealkylation sites (tertiary alicyclic amines) is 1. The van der Waals surface area contributed by atoms with Crippen molar-refractivity contribution in [3.8, 4) is 0 Å². The molecule has 2 atom stereocenters. The highest BCUT2D eigenvalue weighted by Crippen LogP contribution is 2.33. The number of hydrogen-bond acceptors (Lipinski definition) is 4. The molecular formula is C24H28Cl2N4O4S. The predicted octanol–water partition coefficient (Wildman–Crippen LogP) is 3.23. The standard InChI is InChI=1S/C24H28Cl2N4O4S/c1-27(23(31)18-12-19(25)14-20(26)13-18)22-16-29(15-21(22)17-6-4-3-5-7-17)24(32)28-8-10-30(11-9-28)35(2,33)34/h3-7,12-14,21-22H,8-11,15-16H2,1-2H3/t21-,22+/m0/s1. The van der Waals surface area contributed by atoms with Crippen molar-refractivity contribution in [2.45, 2.75) is 12.0 Å². The van der Waals surface area contributed by atoms with Crippen molar-refractivity contribution in [1.82, 2.24) is 19.0 Å². The Balaban J connectivity index is 1.54. The lowest BCUT2D eigenvalue weighted by atomic mass is 9.93. The van der Waals surface area contributed by atoms with Crippen LogP contribution in [0, 0.1) is 0 Å². The van der Waals surface area contributed by atoms with Crippen LogP contribution in [0.5, 0.6) is 0 Å². The molecular weight excluding hydrogens is 511 g/mol. The van der Waals surface area contributed by atoms with Crippen molar-refractivity contribution in [2.24, 2.45) is 0 Å². The van der Waals surface area contributed by atoms with Crippen LogP contribution in [-0.4, -0.2) is 98.0 Å². The Morgan fingerprint density at radius 1 is 0.914 bits per heavy atom. The Kier molecular flexibility index (Phi) is 7.61. The van der Waals surface area contributed by atoms with Gasteiger partial charge in [0.05, 0.1) is 12.3 Å². The third-order valence-electron chi connectivity index (χ3n) is 6.69. The average Bonchev–Trinajstić information content (AvgIpc) is 3.27. The van der Waals surface area contributed by atoms with E-state index in [0.717, 1.165) is 5.56 Å². The molecule has 2 aliphatic heterocycles. The Labute approximate surface area is 216 Å². The Morgan fingerprint density at radius 2 is 1.51 bits per heavy atom. The summed E-state index contributed by atoms with van der Waals surface area (Å²) in [5.41, 5.74) is 1.43. The quantitative estimate of drug-likeness (QED) is 0.598. The summed E-state index contributed by atoms with van der Waals surface area (Å²) in [4.78, 5) is 31.8. The summed E-state index contributed by atoms with van der Waals surface area (Å²) >= 11 is 12.2. The molecule has 2 aromatic rings. The van der Waals surface area contributed by atoms with Crippen molar-refractivity contribution >= 4 is 45.2 Å². The number of carbonyl (C=O) groups excluding carboxylic acids is 2. The molecule has 0 aromatic heterocycles. The highest BCUT2D eigenvalue weighted by atomic mass is 35.5. The number of benzene rings is 2. The van der Waals surface area contributed by atoms with Crippen LogP contribution in [0.2, 0.25) is 10.0 Å². The van der Waals surface area contributed by atoms with Gasteiger partial charge in [-0.2, -0.15) is 4.31 Å². The maximum atomic E-state index is 13.4. The van der Waals surface area contributed by atoms with Gasteiger partial charge >= 0.3 is 6.03 Å². The third kappa shape index (κ3) is 5.74. The highest BCUT2D eigenvalue weighted by Gasteiger charge is 2.42. The van der Waals surface area contributed by atoms with E-state index in [1.807, 2.05) is 30.3 Å². The van der Waals surface area contributed by atoms with E-state index in [1.165, 1.54) is 10.6 Å². The van der Waals surface area contributed by atoms with Gasteiger partial charge in [-0.1, -0.05) is 53.5 Å². The lowest BCUT2D eigenvalue weighted by Crippen LogP contribution is -2.53. The van der Waals surface area contributed by atoms with E-state index < -0.39 is 10.0 Å². The summed E-state index contributed by atoms with van der Waals surface area (Å²) in [5, 5.41) is 0.760. The zero-order chi connectivity index (χ0) is 25.3. The molecule has 2 saturated heterocycles. The number of halogens is 2. The number of rotatable bonds is 4. The van der Waals surface area contributed by atoms with Gasteiger partial charge in [-0.3, -0.25) is 4.79 Å². The molecule has 2 fully saturated rings. The smallest absolute Gasteiger partial charge is 0.320 e. The summed E-state index contributed by atoms with van der Waals surface area (Å²) in [5.74, 6) is -0.308. The molecule has 0 saturated carbocycles. The van der Waals surface area contributed by atoms with E-state index in [9.17, 15) is 18.0 Å². The molecule has 8 nitrogen and oxygen atoms in total. The van der Waals surface area contributed by atoms with Crippen molar-refractivity contribution in [1.29, 1.82) is 0 Å². The number of sulfonamides is 1. The van der Waals surface area contributed by atoms with E-state index in [4.69, 9.17) is 23.2 Å². The van der Waals surface area contributed by atoms with Gasteiger partial charge < -0.3 is 14.7 Å². The first-order valence-electron chi connectivity index (χ1n) is 11.3.